The molecule has 0 bridgehead atoms. The Morgan fingerprint density at radius 1 is 1.12 bits per heavy atom. The molecule has 1 saturated carbocycles. The van der Waals surface area contributed by atoms with Gasteiger partial charge in [-0.05, 0) is 56.7 Å². The Balaban J connectivity index is 1.17. The van der Waals surface area contributed by atoms with Crippen molar-refractivity contribution in [2.75, 3.05) is 19.8 Å². The molecule has 168 valence electrons. The smallest absolute Gasteiger partial charge is 0.251 e. The third-order valence-electron chi connectivity index (χ3n) is 6.34. The molecule has 2 aromatic heterocycles. The molecule has 0 saturated heterocycles. The van der Waals surface area contributed by atoms with Crippen LogP contribution in [0.25, 0.3) is 11.3 Å². The van der Waals surface area contributed by atoms with Crippen LogP contribution in [0.5, 0.6) is 11.5 Å². The molecule has 3 aromatic rings. The van der Waals surface area contributed by atoms with E-state index in [9.17, 15) is 4.79 Å². The van der Waals surface area contributed by atoms with Gasteiger partial charge in [0.1, 0.15) is 13.2 Å². The number of fused-ring (bicyclic) bond motifs is 1. The maximum absolute atomic E-state index is 12.6. The molecule has 8 nitrogen and oxygen atoms in total. The van der Waals surface area contributed by atoms with Crippen LogP contribution < -0.4 is 14.8 Å². The summed E-state index contributed by atoms with van der Waals surface area (Å²) in [6.07, 6.45) is 6.20. The minimum Gasteiger partial charge on any atom is -0.486 e. The molecule has 0 atom stereocenters. The van der Waals surface area contributed by atoms with Crippen molar-refractivity contribution in [1.29, 1.82) is 0 Å². The monoisotopic (exact) mass is 436 g/mol. The molecule has 1 aliphatic carbocycles. The number of ether oxygens (including phenoxy) is 2. The van der Waals surface area contributed by atoms with Crippen LogP contribution in [0.1, 0.15) is 53.3 Å². The lowest BCUT2D eigenvalue weighted by molar-refractivity contribution is 0.0941. The summed E-state index contributed by atoms with van der Waals surface area (Å²) in [5.41, 5.74) is 3.58. The van der Waals surface area contributed by atoms with E-state index in [4.69, 9.17) is 19.1 Å². The molecule has 5 rings (SSSR count). The van der Waals surface area contributed by atoms with E-state index in [2.05, 4.69) is 10.5 Å². The number of aryl methyl sites for hydroxylation is 2. The van der Waals surface area contributed by atoms with Crippen LogP contribution in [0.15, 0.2) is 35.0 Å². The summed E-state index contributed by atoms with van der Waals surface area (Å²) in [4.78, 5) is 12.6. The Bertz CT molecular complexity index is 1110. The maximum atomic E-state index is 12.6. The van der Waals surface area contributed by atoms with Gasteiger partial charge in [-0.3, -0.25) is 9.48 Å². The van der Waals surface area contributed by atoms with Crippen LogP contribution in [0.4, 0.5) is 0 Å². The van der Waals surface area contributed by atoms with Gasteiger partial charge in [-0.25, -0.2) is 0 Å². The van der Waals surface area contributed by atoms with Crippen molar-refractivity contribution in [3.63, 3.8) is 0 Å². The Hall–Kier alpha value is -3.29. The van der Waals surface area contributed by atoms with E-state index in [-0.39, 0.29) is 5.91 Å². The van der Waals surface area contributed by atoms with Crippen LogP contribution in [0.3, 0.4) is 0 Å². The molecular weight excluding hydrogens is 408 g/mol. The molecule has 32 heavy (non-hydrogen) atoms. The lowest BCUT2D eigenvalue weighted by Crippen LogP contribution is -2.31. The first kappa shape index (κ1) is 20.6. The fourth-order valence-corrected chi connectivity index (χ4v) is 4.65. The molecular formula is C24H28N4O4. The first-order valence-corrected chi connectivity index (χ1v) is 11.2. The second-order valence-corrected chi connectivity index (χ2v) is 8.72. The maximum Gasteiger partial charge on any atom is 0.251 e. The summed E-state index contributed by atoms with van der Waals surface area (Å²) in [5, 5.41) is 11.9. The van der Waals surface area contributed by atoms with Gasteiger partial charge in [0.15, 0.2) is 17.3 Å². The summed E-state index contributed by atoms with van der Waals surface area (Å²) >= 11 is 0. The SMILES string of the molecule is Cc1cc(-c2cn(C)nc2C2CCC(CNC(=O)c3ccc4c(c3)OCCO4)CC2)on1. The van der Waals surface area contributed by atoms with Crippen LogP contribution in [-0.2, 0) is 7.05 Å². The molecule has 1 N–H and O–H groups in total. The molecule has 0 spiro atoms. The highest BCUT2D eigenvalue weighted by molar-refractivity contribution is 5.94. The second-order valence-electron chi connectivity index (χ2n) is 8.72. The minimum absolute atomic E-state index is 0.0724. The van der Waals surface area contributed by atoms with Gasteiger partial charge in [-0.15, -0.1) is 0 Å². The Labute approximate surface area is 186 Å². The highest BCUT2D eigenvalue weighted by Crippen LogP contribution is 2.39. The van der Waals surface area contributed by atoms with Gasteiger partial charge >= 0.3 is 0 Å². The Morgan fingerprint density at radius 3 is 2.66 bits per heavy atom. The molecule has 1 fully saturated rings. The van der Waals surface area contributed by atoms with E-state index in [1.165, 1.54) is 0 Å². The van der Waals surface area contributed by atoms with Crippen molar-refractivity contribution in [3.8, 4) is 22.8 Å². The van der Waals surface area contributed by atoms with Gasteiger partial charge in [-0.2, -0.15) is 5.10 Å². The number of benzene rings is 1. The molecule has 0 unspecified atom stereocenters. The van der Waals surface area contributed by atoms with Crippen molar-refractivity contribution in [3.05, 3.63) is 47.4 Å². The second kappa shape index (κ2) is 8.68. The van der Waals surface area contributed by atoms with Gasteiger partial charge in [-0.1, -0.05) is 5.16 Å². The van der Waals surface area contributed by atoms with E-state index < -0.39 is 0 Å². The zero-order valence-electron chi connectivity index (χ0n) is 18.5. The third kappa shape index (κ3) is 4.22. The van der Waals surface area contributed by atoms with Crippen molar-refractivity contribution in [2.45, 2.75) is 38.5 Å². The fourth-order valence-electron chi connectivity index (χ4n) is 4.65. The number of amides is 1. The molecule has 8 heteroatoms. The Morgan fingerprint density at radius 2 is 1.91 bits per heavy atom. The number of rotatable bonds is 5. The van der Waals surface area contributed by atoms with E-state index in [0.29, 0.717) is 48.7 Å². The average Bonchev–Trinajstić information content (AvgIpc) is 3.42. The lowest BCUT2D eigenvalue weighted by Gasteiger charge is -2.28. The van der Waals surface area contributed by atoms with Crippen LogP contribution in [0, 0.1) is 12.8 Å². The van der Waals surface area contributed by atoms with Crippen molar-refractivity contribution in [1.82, 2.24) is 20.3 Å². The summed E-state index contributed by atoms with van der Waals surface area (Å²) in [7, 11) is 1.94. The zero-order chi connectivity index (χ0) is 22.1. The van der Waals surface area contributed by atoms with Gasteiger partial charge in [0, 0.05) is 37.3 Å². The third-order valence-corrected chi connectivity index (χ3v) is 6.34. The Kier molecular flexibility index (Phi) is 5.59. The summed E-state index contributed by atoms with van der Waals surface area (Å²) in [6.45, 7) is 3.65. The van der Waals surface area contributed by atoms with Crippen molar-refractivity contribution in [2.24, 2.45) is 13.0 Å². The number of hydrogen-bond donors (Lipinski definition) is 1. The van der Waals surface area contributed by atoms with Gasteiger partial charge in [0.05, 0.1) is 17.0 Å². The number of carbonyl (C=O) groups is 1. The van der Waals surface area contributed by atoms with Crippen LogP contribution >= 0.6 is 0 Å². The molecule has 1 aliphatic heterocycles. The molecule has 0 radical (unpaired) electrons. The first-order valence-electron chi connectivity index (χ1n) is 11.2. The van der Waals surface area contributed by atoms with E-state index in [1.807, 2.05) is 30.9 Å². The number of carbonyl (C=O) groups excluding carboxylic acids is 1. The summed E-state index contributed by atoms with van der Waals surface area (Å²) in [5.74, 6) is 2.89. The number of aromatic nitrogens is 3. The molecule has 3 heterocycles. The molecule has 1 aromatic carbocycles. The van der Waals surface area contributed by atoms with Crippen molar-refractivity contribution < 1.29 is 18.8 Å². The number of nitrogens with one attached hydrogen (secondary N) is 1. The highest BCUT2D eigenvalue weighted by Gasteiger charge is 2.28. The van der Waals surface area contributed by atoms with Crippen LogP contribution in [-0.4, -0.2) is 40.6 Å². The highest BCUT2D eigenvalue weighted by atomic mass is 16.6. The predicted octanol–water partition coefficient (Wildman–Crippen LogP) is 3.86. The standard InChI is InChI=1S/C24H28N4O4/c1-15-11-21(32-27-15)19-14-28(2)26-23(19)17-5-3-16(4-6-17)13-25-24(29)18-7-8-20-22(12-18)31-10-9-30-20/h7-8,11-12,14,16-17H,3-6,9-10,13H2,1-2H3,(H,25,29). The zero-order valence-corrected chi connectivity index (χ0v) is 18.5. The van der Waals surface area contributed by atoms with Crippen molar-refractivity contribution >= 4 is 5.91 Å². The minimum atomic E-state index is -0.0724. The molecule has 2 aliphatic rings. The quantitative estimate of drug-likeness (QED) is 0.653. The largest absolute Gasteiger partial charge is 0.486 e. The van der Waals surface area contributed by atoms with Crippen LogP contribution in [0.2, 0.25) is 0 Å². The number of hydrogen-bond acceptors (Lipinski definition) is 6. The van der Waals surface area contributed by atoms with Gasteiger partial charge in [0.2, 0.25) is 0 Å². The topological polar surface area (TPSA) is 91.4 Å². The van der Waals surface area contributed by atoms with Gasteiger partial charge in [0.25, 0.3) is 5.91 Å². The molecule has 1 amide bonds. The summed E-state index contributed by atoms with van der Waals surface area (Å²) in [6, 6.07) is 7.30. The normalized spacial score (nSPS) is 20.2. The summed E-state index contributed by atoms with van der Waals surface area (Å²) < 4.78 is 18.5. The lowest BCUT2D eigenvalue weighted by atomic mass is 9.79. The van der Waals surface area contributed by atoms with E-state index in [0.717, 1.165) is 48.4 Å². The number of nitrogens with zero attached hydrogens (tertiary/aromatic N) is 3. The average molecular weight is 437 g/mol. The van der Waals surface area contributed by atoms with Gasteiger partial charge < -0.3 is 19.3 Å². The van der Waals surface area contributed by atoms with E-state index in [1.54, 1.807) is 18.2 Å². The fraction of sp³-hybridized carbons (Fsp3) is 0.458. The van der Waals surface area contributed by atoms with E-state index >= 15 is 0 Å². The first-order chi connectivity index (χ1) is 15.6. The predicted molar refractivity (Wildman–Crippen MR) is 118 cm³/mol.